The molecule has 4 aromatic rings. The van der Waals surface area contributed by atoms with Crippen molar-refractivity contribution in [3.8, 4) is 0 Å². The summed E-state index contributed by atoms with van der Waals surface area (Å²) in [5.41, 5.74) is 6.46. The molecule has 0 fully saturated rings. The van der Waals surface area contributed by atoms with Crippen LogP contribution in [0.4, 0.5) is 5.82 Å². The Morgan fingerprint density at radius 1 is 1.23 bits per heavy atom. The zero-order chi connectivity index (χ0) is 18.0. The molecule has 1 atom stereocenters. The molecule has 8 nitrogen and oxygen atoms in total. The maximum atomic E-state index is 12.3. The average molecular weight is 347 g/mol. The first-order chi connectivity index (χ1) is 12.5. The number of aryl methyl sites for hydroxylation is 3. The molecule has 0 saturated heterocycles. The molecule has 0 bridgehead atoms. The molecule has 3 aromatic heterocycles. The molecule has 5 rings (SSSR count). The molecule has 26 heavy (non-hydrogen) atoms. The zero-order valence-electron chi connectivity index (χ0n) is 14.7. The van der Waals surface area contributed by atoms with E-state index in [9.17, 15) is 4.79 Å². The van der Waals surface area contributed by atoms with Crippen LogP contribution in [-0.2, 0) is 11.8 Å². The maximum Gasteiger partial charge on any atom is 0.226 e. The van der Waals surface area contributed by atoms with Crippen LogP contribution in [-0.4, -0.2) is 35.5 Å². The van der Waals surface area contributed by atoms with Crippen molar-refractivity contribution in [1.29, 1.82) is 0 Å². The van der Waals surface area contributed by atoms with Crippen LogP contribution < -0.4 is 5.32 Å². The first-order valence-electron chi connectivity index (χ1n) is 8.47. The van der Waals surface area contributed by atoms with Crippen molar-refractivity contribution in [3.63, 3.8) is 0 Å². The van der Waals surface area contributed by atoms with Crippen LogP contribution in [0.5, 0.6) is 0 Å². The standard InChI is InChI=1S/C18H17N7O/c1-9-6-10(2)25-18(19-9)16-12(8-15(26)20-17(16)22-25)11-4-5-14-13(7-11)21-23-24(14)3/h4-7,12H,8H2,1-3H3,(H,20,22,26). The number of hydrogen-bond donors (Lipinski definition) is 1. The molecule has 130 valence electrons. The number of nitrogens with zero attached hydrogens (tertiary/aromatic N) is 6. The fraction of sp³-hybridized carbons (Fsp3) is 0.278. The molecule has 1 aliphatic rings. The molecule has 0 spiro atoms. The Kier molecular flexibility index (Phi) is 2.95. The van der Waals surface area contributed by atoms with Gasteiger partial charge in [-0.05, 0) is 37.6 Å². The van der Waals surface area contributed by atoms with Gasteiger partial charge in [-0.3, -0.25) is 4.79 Å². The molecule has 0 saturated carbocycles. The van der Waals surface area contributed by atoms with Gasteiger partial charge in [0.25, 0.3) is 0 Å². The van der Waals surface area contributed by atoms with E-state index in [1.807, 2.05) is 45.2 Å². The lowest BCUT2D eigenvalue weighted by Crippen LogP contribution is -2.23. The number of carbonyl (C=O) groups excluding carboxylic acids is 1. The van der Waals surface area contributed by atoms with E-state index in [0.29, 0.717) is 12.2 Å². The number of benzene rings is 1. The van der Waals surface area contributed by atoms with E-state index < -0.39 is 0 Å². The van der Waals surface area contributed by atoms with Crippen molar-refractivity contribution in [2.75, 3.05) is 5.32 Å². The number of nitrogens with one attached hydrogen (secondary N) is 1. The highest BCUT2D eigenvalue weighted by Gasteiger charge is 2.32. The molecular weight excluding hydrogens is 330 g/mol. The van der Waals surface area contributed by atoms with Gasteiger partial charge in [0.05, 0.1) is 5.52 Å². The van der Waals surface area contributed by atoms with Crippen molar-refractivity contribution in [1.82, 2.24) is 29.6 Å². The Labute approximate surface area is 148 Å². The SMILES string of the molecule is Cc1cc(C)n2nc3c(c2n1)C(c1ccc2c(c1)nnn2C)CC(=O)N3. The predicted octanol–water partition coefficient (Wildman–Crippen LogP) is 2.10. The summed E-state index contributed by atoms with van der Waals surface area (Å²) >= 11 is 0. The maximum absolute atomic E-state index is 12.3. The molecule has 1 unspecified atom stereocenters. The second-order valence-electron chi connectivity index (χ2n) is 6.80. The number of rotatable bonds is 1. The van der Waals surface area contributed by atoms with Gasteiger partial charge in [0.1, 0.15) is 5.52 Å². The van der Waals surface area contributed by atoms with E-state index >= 15 is 0 Å². The lowest BCUT2D eigenvalue weighted by Gasteiger charge is -2.22. The largest absolute Gasteiger partial charge is 0.309 e. The smallest absolute Gasteiger partial charge is 0.226 e. The third kappa shape index (κ3) is 2.05. The van der Waals surface area contributed by atoms with E-state index in [4.69, 9.17) is 4.98 Å². The Morgan fingerprint density at radius 3 is 2.92 bits per heavy atom. The van der Waals surface area contributed by atoms with Crippen molar-refractivity contribution >= 4 is 28.4 Å². The molecule has 1 amide bonds. The highest BCUT2D eigenvalue weighted by atomic mass is 16.1. The summed E-state index contributed by atoms with van der Waals surface area (Å²) < 4.78 is 3.54. The van der Waals surface area contributed by atoms with Crippen molar-refractivity contribution in [2.24, 2.45) is 7.05 Å². The second kappa shape index (κ2) is 5.10. The number of aromatic nitrogens is 6. The summed E-state index contributed by atoms with van der Waals surface area (Å²) in [5.74, 6) is 0.433. The number of fused-ring (bicyclic) bond motifs is 4. The van der Waals surface area contributed by atoms with E-state index in [0.717, 1.165) is 39.2 Å². The molecule has 4 heterocycles. The van der Waals surface area contributed by atoms with Gasteiger partial charge in [0.2, 0.25) is 5.91 Å². The molecule has 0 radical (unpaired) electrons. The summed E-state index contributed by atoms with van der Waals surface area (Å²) in [6, 6.07) is 8.01. The van der Waals surface area contributed by atoms with E-state index in [2.05, 4.69) is 20.7 Å². The van der Waals surface area contributed by atoms with E-state index in [1.165, 1.54) is 0 Å². The number of carbonyl (C=O) groups is 1. The quantitative estimate of drug-likeness (QED) is 0.569. The number of hydrogen-bond acceptors (Lipinski definition) is 5. The van der Waals surface area contributed by atoms with Gasteiger partial charge in [-0.25, -0.2) is 14.2 Å². The van der Waals surface area contributed by atoms with E-state index in [1.54, 1.807) is 9.20 Å². The van der Waals surface area contributed by atoms with Gasteiger partial charge in [0, 0.05) is 36.3 Å². The molecule has 1 aliphatic heterocycles. The Hall–Kier alpha value is -3.29. The van der Waals surface area contributed by atoms with Gasteiger partial charge in [-0.2, -0.15) is 0 Å². The Bertz CT molecular complexity index is 1200. The Balaban J connectivity index is 1.76. The summed E-state index contributed by atoms with van der Waals surface area (Å²) in [5, 5.41) is 15.7. The van der Waals surface area contributed by atoms with Crippen LogP contribution in [0.2, 0.25) is 0 Å². The van der Waals surface area contributed by atoms with Gasteiger partial charge >= 0.3 is 0 Å². The topological polar surface area (TPSA) is 90.0 Å². The van der Waals surface area contributed by atoms with Crippen LogP contribution in [0.1, 0.15) is 34.9 Å². The monoisotopic (exact) mass is 347 g/mol. The molecule has 1 aromatic carbocycles. The summed E-state index contributed by atoms with van der Waals surface area (Å²) in [6.45, 7) is 3.96. The zero-order valence-corrected chi connectivity index (χ0v) is 14.7. The van der Waals surface area contributed by atoms with Gasteiger partial charge in [-0.15, -0.1) is 10.2 Å². The summed E-state index contributed by atoms with van der Waals surface area (Å²) in [7, 11) is 1.86. The Morgan fingerprint density at radius 2 is 2.08 bits per heavy atom. The fourth-order valence-electron chi connectivity index (χ4n) is 3.78. The van der Waals surface area contributed by atoms with Crippen LogP contribution in [0.15, 0.2) is 24.3 Å². The van der Waals surface area contributed by atoms with Gasteiger partial charge in [0.15, 0.2) is 11.5 Å². The van der Waals surface area contributed by atoms with Crippen molar-refractivity contribution in [3.05, 3.63) is 46.8 Å². The number of anilines is 1. The van der Waals surface area contributed by atoms with Gasteiger partial charge < -0.3 is 5.32 Å². The van der Waals surface area contributed by atoms with Crippen LogP contribution in [0.3, 0.4) is 0 Å². The highest BCUT2D eigenvalue weighted by Crippen LogP contribution is 2.39. The highest BCUT2D eigenvalue weighted by molar-refractivity contribution is 5.96. The van der Waals surface area contributed by atoms with Crippen molar-refractivity contribution in [2.45, 2.75) is 26.2 Å². The minimum atomic E-state index is -0.114. The molecule has 1 N–H and O–H groups in total. The third-order valence-corrected chi connectivity index (χ3v) is 4.96. The first kappa shape index (κ1) is 15.0. The minimum absolute atomic E-state index is 0.0421. The minimum Gasteiger partial charge on any atom is -0.309 e. The third-order valence-electron chi connectivity index (χ3n) is 4.96. The lowest BCUT2D eigenvalue weighted by molar-refractivity contribution is -0.116. The van der Waals surface area contributed by atoms with Crippen LogP contribution in [0, 0.1) is 13.8 Å². The summed E-state index contributed by atoms with van der Waals surface area (Å²) in [4.78, 5) is 17.0. The average Bonchev–Trinajstić information content (AvgIpc) is 3.15. The normalized spacial score (nSPS) is 16.9. The van der Waals surface area contributed by atoms with E-state index in [-0.39, 0.29) is 11.8 Å². The van der Waals surface area contributed by atoms with Crippen molar-refractivity contribution < 1.29 is 4.79 Å². The number of amides is 1. The van der Waals surface area contributed by atoms with Crippen LogP contribution in [0.25, 0.3) is 16.7 Å². The molecule has 0 aliphatic carbocycles. The fourth-order valence-corrected chi connectivity index (χ4v) is 3.78. The van der Waals surface area contributed by atoms with Gasteiger partial charge in [-0.1, -0.05) is 11.3 Å². The second-order valence-corrected chi connectivity index (χ2v) is 6.80. The lowest BCUT2D eigenvalue weighted by atomic mass is 9.87. The summed E-state index contributed by atoms with van der Waals surface area (Å²) in [6.07, 6.45) is 0.356. The first-order valence-corrected chi connectivity index (χ1v) is 8.47. The van der Waals surface area contributed by atoms with Crippen LogP contribution >= 0.6 is 0 Å². The molecule has 8 heteroatoms. The molecular formula is C18H17N7O. The predicted molar refractivity (Wildman–Crippen MR) is 96.1 cm³/mol.